The van der Waals surface area contributed by atoms with Crippen LogP contribution in [0.2, 0.25) is 0 Å². The predicted molar refractivity (Wildman–Crippen MR) is 90.1 cm³/mol. The van der Waals surface area contributed by atoms with Crippen molar-refractivity contribution in [2.75, 3.05) is 12.4 Å². The van der Waals surface area contributed by atoms with Crippen LogP contribution in [-0.4, -0.2) is 26.7 Å². The lowest BCUT2D eigenvalue weighted by molar-refractivity contribution is 0.280. The Bertz CT molecular complexity index is 966. The molecule has 0 unspecified atom stereocenters. The quantitative estimate of drug-likeness (QED) is 0.634. The molecule has 0 aliphatic rings. The largest absolute Gasteiger partial charge is 0.508 e. The van der Waals surface area contributed by atoms with Gasteiger partial charge in [-0.3, -0.25) is 9.20 Å². The average Bonchev–Trinajstić information content (AvgIpc) is 2.57. The van der Waals surface area contributed by atoms with Crippen LogP contribution in [0.1, 0.15) is 11.1 Å². The van der Waals surface area contributed by atoms with Crippen molar-refractivity contribution in [2.24, 2.45) is 0 Å². The minimum atomic E-state index is -0.453. The van der Waals surface area contributed by atoms with E-state index in [1.807, 2.05) is 6.92 Å². The van der Waals surface area contributed by atoms with Crippen LogP contribution in [0.5, 0.6) is 11.5 Å². The Morgan fingerprint density at radius 1 is 1.33 bits per heavy atom. The van der Waals surface area contributed by atoms with Gasteiger partial charge >= 0.3 is 0 Å². The average molecular weight is 327 g/mol. The fourth-order valence-corrected chi connectivity index (χ4v) is 2.49. The third-order valence-corrected chi connectivity index (χ3v) is 3.75. The lowest BCUT2D eigenvalue weighted by Gasteiger charge is -2.14. The second-order valence-electron chi connectivity index (χ2n) is 5.30. The van der Waals surface area contributed by atoms with Crippen LogP contribution >= 0.6 is 0 Å². The van der Waals surface area contributed by atoms with Gasteiger partial charge in [0.05, 0.1) is 19.3 Å². The number of methoxy groups -OCH3 is 1. The molecule has 7 nitrogen and oxygen atoms in total. The summed E-state index contributed by atoms with van der Waals surface area (Å²) < 4.78 is 6.59. The first kappa shape index (κ1) is 15.8. The highest BCUT2D eigenvalue weighted by atomic mass is 16.5. The molecule has 24 heavy (non-hydrogen) atoms. The van der Waals surface area contributed by atoms with E-state index < -0.39 is 6.61 Å². The topological polar surface area (TPSA) is 96.1 Å². The van der Waals surface area contributed by atoms with Gasteiger partial charge in [0.15, 0.2) is 11.4 Å². The first-order valence-corrected chi connectivity index (χ1v) is 7.31. The Balaban J connectivity index is 2.21. The zero-order chi connectivity index (χ0) is 17.3. The van der Waals surface area contributed by atoms with Gasteiger partial charge in [0.2, 0.25) is 0 Å². The first-order chi connectivity index (χ1) is 11.5. The van der Waals surface area contributed by atoms with E-state index >= 15 is 0 Å². The Hall–Kier alpha value is -3.06. The number of hydrogen-bond donors (Lipinski definition) is 3. The van der Waals surface area contributed by atoms with Gasteiger partial charge in [-0.1, -0.05) is 0 Å². The van der Waals surface area contributed by atoms with Crippen molar-refractivity contribution < 1.29 is 14.9 Å². The molecule has 3 N–H and O–H groups in total. The smallest absolute Gasteiger partial charge is 0.265 e. The van der Waals surface area contributed by atoms with E-state index in [1.165, 1.54) is 17.6 Å². The number of pyridine rings is 1. The number of aliphatic hydroxyl groups is 1. The summed E-state index contributed by atoms with van der Waals surface area (Å²) in [7, 11) is 1.50. The molecule has 3 aromatic rings. The normalized spacial score (nSPS) is 10.8. The number of benzene rings is 1. The van der Waals surface area contributed by atoms with Crippen molar-refractivity contribution >= 4 is 17.2 Å². The van der Waals surface area contributed by atoms with E-state index in [9.17, 15) is 15.0 Å². The van der Waals surface area contributed by atoms with E-state index in [4.69, 9.17) is 4.74 Å². The van der Waals surface area contributed by atoms with Gasteiger partial charge in [-0.15, -0.1) is 0 Å². The molecule has 2 aromatic heterocycles. The van der Waals surface area contributed by atoms with Gasteiger partial charge in [0.1, 0.15) is 11.6 Å². The lowest BCUT2D eigenvalue weighted by atomic mass is 10.2. The minimum Gasteiger partial charge on any atom is -0.508 e. The number of nitrogens with one attached hydrogen (secondary N) is 1. The number of nitrogens with zero attached hydrogens (tertiary/aromatic N) is 2. The number of phenols is 1. The molecule has 1 aromatic carbocycles. The number of ether oxygens (including phenoxy) is 1. The monoisotopic (exact) mass is 327 g/mol. The van der Waals surface area contributed by atoms with E-state index in [2.05, 4.69) is 10.3 Å². The number of fused-ring (bicyclic) bond motifs is 1. The lowest BCUT2D eigenvalue weighted by Crippen LogP contribution is -2.22. The number of rotatable bonds is 4. The maximum absolute atomic E-state index is 12.6. The molecule has 0 amide bonds. The summed E-state index contributed by atoms with van der Waals surface area (Å²) in [5.74, 6) is 0.846. The van der Waals surface area contributed by atoms with Crippen molar-refractivity contribution in [3.05, 3.63) is 58.0 Å². The van der Waals surface area contributed by atoms with E-state index in [0.29, 0.717) is 17.1 Å². The molecule has 3 rings (SSSR count). The molecule has 7 heteroatoms. The third kappa shape index (κ3) is 2.65. The highest BCUT2D eigenvalue weighted by molar-refractivity contribution is 5.67. The van der Waals surface area contributed by atoms with Gasteiger partial charge in [-0.05, 0) is 42.8 Å². The molecule has 0 atom stereocenters. The van der Waals surface area contributed by atoms with Crippen molar-refractivity contribution in [3.63, 3.8) is 0 Å². The van der Waals surface area contributed by atoms with Crippen LogP contribution in [-0.2, 0) is 6.61 Å². The van der Waals surface area contributed by atoms with Crippen molar-refractivity contribution in [1.29, 1.82) is 0 Å². The van der Waals surface area contributed by atoms with E-state index in [0.717, 1.165) is 5.56 Å². The van der Waals surface area contributed by atoms with Gasteiger partial charge in [-0.2, -0.15) is 0 Å². The second kappa shape index (κ2) is 6.21. The molecule has 0 spiro atoms. The molecule has 0 bridgehead atoms. The second-order valence-corrected chi connectivity index (χ2v) is 5.30. The summed E-state index contributed by atoms with van der Waals surface area (Å²) in [5, 5.41) is 22.2. The summed E-state index contributed by atoms with van der Waals surface area (Å²) in [6.07, 6.45) is 1.57. The maximum atomic E-state index is 12.6. The molecular weight excluding hydrogens is 310 g/mol. The molecule has 0 radical (unpaired) electrons. The highest BCUT2D eigenvalue weighted by Crippen LogP contribution is 2.26. The van der Waals surface area contributed by atoms with Crippen molar-refractivity contribution in [3.8, 4) is 11.5 Å². The van der Waals surface area contributed by atoms with Crippen molar-refractivity contribution in [2.45, 2.75) is 13.5 Å². The molecule has 2 heterocycles. The summed E-state index contributed by atoms with van der Waals surface area (Å²) >= 11 is 0. The summed E-state index contributed by atoms with van der Waals surface area (Å²) in [5.41, 5.74) is 1.57. The summed E-state index contributed by atoms with van der Waals surface area (Å²) in [6, 6.07) is 8.18. The Kier molecular flexibility index (Phi) is 4.09. The third-order valence-electron chi connectivity index (χ3n) is 3.75. The molecule has 124 valence electrons. The Morgan fingerprint density at radius 2 is 2.12 bits per heavy atom. The van der Waals surface area contributed by atoms with Gasteiger partial charge in [0, 0.05) is 11.9 Å². The number of aromatic nitrogens is 2. The molecule has 0 saturated heterocycles. The highest BCUT2D eigenvalue weighted by Gasteiger charge is 2.15. The zero-order valence-corrected chi connectivity index (χ0v) is 13.3. The van der Waals surface area contributed by atoms with Crippen LogP contribution in [0.3, 0.4) is 0 Å². The van der Waals surface area contributed by atoms with E-state index in [1.54, 1.807) is 30.5 Å². The van der Waals surface area contributed by atoms with Crippen LogP contribution in [0.4, 0.5) is 11.5 Å². The van der Waals surface area contributed by atoms with Crippen molar-refractivity contribution in [1.82, 2.24) is 9.38 Å². The van der Waals surface area contributed by atoms with Crippen LogP contribution in [0, 0.1) is 6.92 Å². The number of aromatic hydroxyl groups is 1. The van der Waals surface area contributed by atoms with E-state index in [-0.39, 0.29) is 22.7 Å². The van der Waals surface area contributed by atoms with Crippen LogP contribution in [0.25, 0.3) is 5.65 Å². The van der Waals surface area contributed by atoms with Crippen LogP contribution < -0.4 is 15.6 Å². The van der Waals surface area contributed by atoms with Gasteiger partial charge < -0.3 is 20.3 Å². The van der Waals surface area contributed by atoms with Gasteiger partial charge in [-0.25, -0.2) is 4.98 Å². The number of phenolic OH excluding ortho intramolecular Hbond substituents is 1. The number of aliphatic hydroxyl groups excluding tert-OH is 1. The Morgan fingerprint density at radius 3 is 2.79 bits per heavy atom. The molecule has 0 aliphatic heterocycles. The Labute approximate surface area is 137 Å². The SMILES string of the molecule is COc1cccn2c(=O)c(CO)c(Nc3ccc(O)cc3C)nc12. The minimum absolute atomic E-state index is 0.147. The molecule has 0 fully saturated rings. The standard InChI is InChI=1S/C17H17N3O4/c1-10-8-11(22)5-6-13(10)18-15-12(9-21)17(23)20-7-3-4-14(24-2)16(20)19-15/h3-8,18,21-22H,9H2,1-2H3. The summed E-state index contributed by atoms with van der Waals surface area (Å²) in [4.78, 5) is 17.0. The predicted octanol–water partition coefficient (Wildman–Crippen LogP) is 1.95. The summed E-state index contributed by atoms with van der Waals surface area (Å²) in [6.45, 7) is 1.36. The molecule has 0 saturated carbocycles. The number of hydrogen-bond acceptors (Lipinski definition) is 6. The number of aryl methyl sites for hydroxylation is 1. The fourth-order valence-electron chi connectivity index (χ4n) is 2.49. The number of anilines is 2. The van der Waals surface area contributed by atoms with Crippen LogP contribution in [0.15, 0.2) is 41.3 Å². The van der Waals surface area contributed by atoms with Gasteiger partial charge in [0.25, 0.3) is 5.56 Å². The zero-order valence-electron chi connectivity index (χ0n) is 13.3. The first-order valence-electron chi connectivity index (χ1n) is 7.31. The fraction of sp³-hybridized carbons (Fsp3) is 0.176. The molecular formula is C17H17N3O4. The molecule has 0 aliphatic carbocycles. The maximum Gasteiger partial charge on any atom is 0.265 e.